The Morgan fingerprint density at radius 1 is 1.10 bits per heavy atom. The van der Waals surface area contributed by atoms with Crippen molar-refractivity contribution < 1.29 is 44.9 Å². The van der Waals surface area contributed by atoms with Crippen molar-refractivity contribution in [3.05, 3.63) is 23.3 Å². The fourth-order valence-electron chi connectivity index (χ4n) is 2.95. The van der Waals surface area contributed by atoms with Crippen LogP contribution in [0.25, 0.3) is 0 Å². The zero-order chi connectivity index (χ0) is 23.1. The zero-order valence-corrected chi connectivity index (χ0v) is 18.1. The van der Waals surface area contributed by atoms with E-state index in [1.807, 2.05) is 13.0 Å². The van der Waals surface area contributed by atoms with Gasteiger partial charge in [0.05, 0.1) is 18.3 Å². The highest BCUT2D eigenvalue weighted by molar-refractivity contribution is 5.82. The maximum absolute atomic E-state index is 12.1. The standard InChI is InChI=1S/C21H36O9/c1-12(8-9-15(23)21(3,4)28)6-5-7-13(2)10-16(24)30-20-19(27)18(26)17(25)14(11-22)29-20/h6,10,14-15,17-20,22-23,25-28H,5,7-9,11H2,1-4H3/b12-6+,13-10+/t14-,15?,17-,18+,19-,20+/m1/s1. The summed E-state index contributed by atoms with van der Waals surface area (Å²) in [6.07, 6.45) is -2.62. The summed E-state index contributed by atoms with van der Waals surface area (Å²) in [6, 6.07) is 0. The number of aliphatic hydroxyl groups excluding tert-OH is 5. The van der Waals surface area contributed by atoms with Gasteiger partial charge >= 0.3 is 5.97 Å². The van der Waals surface area contributed by atoms with E-state index in [9.17, 15) is 30.3 Å². The average molecular weight is 433 g/mol. The second-order valence-corrected chi connectivity index (χ2v) is 8.42. The first kappa shape index (κ1) is 26.7. The van der Waals surface area contributed by atoms with Crippen molar-refractivity contribution in [2.24, 2.45) is 0 Å². The molecule has 1 rings (SSSR count). The Balaban J connectivity index is 2.49. The summed E-state index contributed by atoms with van der Waals surface area (Å²) in [5.74, 6) is -0.772. The number of rotatable bonds is 10. The van der Waals surface area contributed by atoms with Gasteiger partial charge in [-0.15, -0.1) is 0 Å². The van der Waals surface area contributed by atoms with Crippen LogP contribution >= 0.6 is 0 Å². The molecule has 0 aromatic rings. The Labute approximate surface area is 177 Å². The SMILES string of the molecule is C/C(=C\C(=O)O[C@@H]1O[C@H](CO)[C@@H](O)[C@H](O)[C@H]1O)CC/C=C(\C)CCC(O)C(C)(C)O. The molecule has 0 radical (unpaired) electrons. The minimum Gasteiger partial charge on any atom is -0.430 e. The molecule has 1 unspecified atom stereocenters. The van der Waals surface area contributed by atoms with Gasteiger partial charge in [-0.2, -0.15) is 0 Å². The van der Waals surface area contributed by atoms with E-state index in [0.717, 1.165) is 11.1 Å². The molecular formula is C21H36O9. The van der Waals surface area contributed by atoms with Gasteiger partial charge in [0.25, 0.3) is 0 Å². The first-order valence-corrected chi connectivity index (χ1v) is 10.1. The van der Waals surface area contributed by atoms with Gasteiger partial charge in [-0.25, -0.2) is 4.79 Å². The van der Waals surface area contributed by atoms with Crippen LogP contribution in [0.3, 0.4) is 0 Å². The van der Waals surface area contributed by atoms with Crippen LogP contribution in [-0.4, -0.2) is 85.6 Å². The van der Waals surface area contributed by atoms with Gasteiger partial charge < -0.3 is 40.1 Å². The summed E-state index contributed by atoms with van der Waals surface area (Å²) < 4.78 is 10.1. The Kier molecular flexibility index (Phi) is 10.6. The number of esters is 1. The molecule has 1 saturated heterocycles. The molecule has 0 spiro atoms. The molecular weight excluding hydrogens is 396 g/mol. The van der Waals surface area contributed by atoms with Crippen LogP contribution in [0, 0.1) is 0 Å². The summed E-state index contributed by atoms with van der Waals surface area (Å²) in [5.41, 5.74) is 0.654. The third-order valence-electron chi connectivity index (χ3n) is 5.10. The van der Waals surface area contributed by atoms with Crippen LogP contribution in [0.2, 0.25) is 0 Å². The molecule has 174 valence electrons. The van der Waals surface area contributed by atoms with Crippen molar-refractivity contribution in [1.82, 2.24) is 0 Å². The Bertz CT molecular complexity index is 606. The van der Waals surface area contributed by atoms with Crippen LogP contribution in [0.4, 0.5) is 0 Å². The third kappa shape index (κ3) is 8.43. The second-order valence-electron chi connectivity index (χ2n) is 8.42. The third-order valence-corrected chi connectivity index (χ3v) is 5.10. The van der Waals surface area contributed by atoms with Crippen LogP contribution < -0.4 is 0 Å². The highest BCUT2D eigenvalue weighted by Crippen LogP contribution is 2.22. The molecule has 9 nitrogen and oxygen atoms in total. The first-order chi connectivity index (χ1) is 13.9. The van der Waals surface area contributed by atoms with Crippen molar-refractivity contribution in [1.29, 1.82) is 0 Å². The largest absolute Gasteiger partial charge is 0.430 e. The van der Waals surface area contributed by atoms with Gasteiger partial charge in [0.2, 0.25) is 6.29 Å². The topological polar surface area (TPSA) is 157 Å². The Hall–Kier alpha value is -1.33. The lowest BCUT2D eigenvalue weighted by Crippen LogP contribution is -2.59. The van der Waals surface area contributed by atoms with Crippen LogP contribution in [0.5, 0.6) is 0 Å². The molecule has 6 N–H and O–H groups in total. The van der Waals surface area contributed by atoms with Crippen molar-refractivity contribution in [2.45, 2.75) is 95.8 Å². The molecule has 0 saturated carbocycles. The van der Waals surface area contributed by atoms with E-state index in [0.29, 0.717) is 25.7 Å². The summed E-state index contributed by atoms with van der Waals surface area (Å²) in [7, 11) is 0. The maximum atomic E-state index is 12.1. The smallest absolute Gasteiger partial charge is 0.333 e. The molecule has 1 aliphatic heterocycles. The van der Waals surface area contributed by atoms with E-state index in [1.54, 1.807) is 20.8 Å². The zero-order valence-electron chi connectivity index (χ0n) is 18.1. The minimum absolute atomic E-state index is 0.450. The molecule has 1 heterocycles. The molecule has 0 amide bonds. The number of carbonyl (C=O) groups excluding carboxylic acids is 1. The van der Waals surface area contributed by atoms with Crippen molar-refractivity contribution >= 4 is 5.97 Å². The number of allylic oxidation sites excluding steroid dienone is 3. The van der Waals surface area contributed by atoms with Gasteiger partial charge in [0, 0.05) is 6.08 Å². The highest BCUT2D eigenvalue weighted by atomic mass is 16.7. The molecule has 9 heteroatoms. The number of ether oxygens (including phenoxy) is 2. The highest BCUT2D eigenvalue weighted by Gasteiger charge is 2.45. The molecule has 1 aliphatic rings. The van der Waals surface area contributed by atoms with Crippen LogP contribution in [-0.2, 0) is 14.3 Å². The Morgan fingerprint density at radius 3 is 2.30 bits per heavy atom. The lowest BCUT2D eigenvalue weighted by Gasteiger charge is -2.38. The second kappa shape index (κ2) is 11.9. The first-order valence-electron chi connectivity index (χ1n) is 10.1. The molecule has 6 atom stereocenters. The molecule has 0 aromatic carbocycles. The number of hydrogen-bond acceptors (Lipinski definition) is 9. The lowest BCUT2D eigenvalue weighted by molar-refractivity contribution is -0.291. The van der Waals surface area contributed by atoms with E-state index in [2.05, 4.69) is 0 Å². The molecule has 0 bridgehead atoms. The van der Waals surface area contributed by atoms with Gasteiger partial charge in [-0.3, -0.25) is 0 Å². The Morgan fingerprint density at radius 2 is 1.73 bits per heavy atom. The van der Waals surface area contributed by atoms with E-state index in [4.69, 9.17) is 14.6 Å². The molecule has 0 aliphatic carbocycles. The summed E-state index contributed by atoms with van der Waals surface area (Å²) in [5, 5.41) is 58.1. The predicted octanol–water partition coefficient (Wildman–Crippen LogP) is -0.0857. The van der Waals surface area contributed by atoms with Gasteiger partial charge in [0.15, 0.2) is 0 Å². The van der Waals surface area contributed by atoms with Gasteiger partial charge in [-0.05, 0) is 53.4 Å². The average Bonchev–Trinajstić information content (AvgIpc) is 2.65. The fraction of sp³-hybridized carbons (Fsp3) is 0.762. The van der Waals surface area contributed by atoms with Gasteiger partial charge in [0.1, 0.15) is 24.4 Å². The summed E-state index contributed by atoms with van der Waals surface area (Å²) in [6.45, 7) is 6.20. The van der Waals surface area contributed by atoms with E-state index < -0.39 is 55.0 Å². The molecule has 0 aromatic heterocycles. The van der Waals surface area contributed by atoms with Crippen molar-refractivity contribution in [2.75, 3.05) is 6.61 Å². The number of hydrogen-bond donors (Lipinski definition) is 6. The normalized spacial score (nSPS) is 29.6. The lowest BCUT2D eigenvalue weighted by atomic mass is 9.95. The van der Waals surface area contributed by atoms with E-state index >= 15 is 0 Å². The van der Waals surface area contributed by atoms with Crippen molar-refractivity contribution in [3.63, 3.8) is 0 Å². The van der Waals surface area contributed by atoms with E-state index in [1.165, 1.54) is 6.08 Å². The quantitative estimate of drug-likeness (QED) is 0.158. The van der Waals surface area contributed by atoms with E-state index in [-0.39, 0.29) is 0 Å². The fourth-order valence-corrected chi connectivity index (χ4v) is 2.95. The van der Waals surface area contributed by atoms with Gasteiger partial charge in [-0.1, -0.05) is 17.2 Å². The summed E-state index contributed by atoms with van der Waals surface area (Å²) in [4.78, 5) is 12.1. The van der Waals surface area contributed by atoms with Crippen LogP contribution in [0.15, 0.2) is 23.3 Å². The molecule has 1 fully saturated rings. The minimum atomic E-state index is -1.63. The number of aliphatic hydroxyl groups is 6. The monoisotopic (exact) mass is 432 g/mol. The predicted molar refractivity (Wildman–Crippen MR) is 108 cm³/mol. The maximum Gasteiger partial charge on any atom is 0.333 e. The number of carbonyl (C=O) groups is 1. The van der Waals surface area contributed by atoms with Crippen molar-refractivity contribution in [3.8, 4) is 0 Å². The van der Waals surface area contributed by atoms with Crippen LogP contribution in [0.1, 0.15) is 53.4 Å². The summed E-state index contributed by atoms with van der Waals surface area (Å²) >= 11 is 0. The molecule has 30 heavy (non-hydrogen) atoms.